The van der Waals surface area contributed by atoms with Crippen LogP contribution < -0.4 is 4.74 Å². The highest BCUT2D eigenvalue weighted by atomic mass is 79.9. The highest BCUT2D eigenvalue weighted by Gasteiger charge is 2.11. The number of aromatic nitrogens is 2. The minimum atomic E-state index is 0.602. The second-order valence-corrected chi connectivity index (χ2v) is 5.54. The smallest absolute Gasteiger partial charge is 0.240 e. The second-order valence-electron chi connectivity index (χ2n) is 3.81. The monoisotopic (exact) mass is 320 g/mol. The van der Waals surface area contributed by atoms with Gasteiger partial charge < -0.3 is 4.74 Å². The molecule has 0 amide bonds. The summed E-state index contributed by atoms with van der Waals surface area (Å²) >= 11 is 5.06. The van der Waals surface area contributed by atoms with E-state index in [2.05, 4.69) is 31.3 Å². The number of nitrogens with zero attached hydrogens (tertiary/aromatic N) is 2. The topological polar surface area (TPSA) is 35.0 Å². The van der Waals surface area contributed by atoms with E-state index in [9.17, 15) is 0 Å². The Balaban J connectivity index is 2.08. The van der Waals surface area contributed by atoms with Gasteiger partial charge >= 0.3 is 0 Å². The van der Waals surface area contributed by atoms with Gasteiger partial charge in [-0.25, -0.2) is 9.97 Å². The number of fused-ring (bicyclic) bond motifs is 1. The number of halogens is 1. The normalized spacial score (nSPS) is 10.8. The molecule has 0 bridgehead atoms. The van der Waals surface area contributed by atoms with Crippen LogP contribution in [0, 0.1) is 6.92 Å². The van der Waals surface area contributed by atoms with E-state index in [1.54, 1.807) is 11.3 Å². The summed E-state index contributed by atoms with van der Waals surface area (Å²) in [6.07, 6.45) is 1.54. The second kappa shape index (κ2) is 4.66. The zero-order valence-electron chi connectivity index (χ0n) is 9.55. The summed E-state index contributed by atoms with van der Waals surface area (Å²) in [5.41, 5.74) is 2.10. The van der Waals surface area contributed by atoms with Gasteiger partial charge in [0.05, 0.1) is 9.99 Å². The van der Waals surface area contributed by atoms with Crippen molar-refractivity contribution < 1.29 is 4.74 Å². The highest BCUT2D eigenvalue weighted by molar-refractivity contribution is 9.10. The van der Waals surface area contributed by atoms with Crippen LogP contribution in [0.4, 0.5) is 0 Å². The lowest BCUT2D eigenvalue weighted by molar-refractivity contribution is 0.466. The molecule has 0 spiro atoms. The molecule has 0 atom stereocenters. The summed E-state index contributed by atoms with van der Waals surface area (Å²) in [6.45, 7) is 2.04. The number of para-hydroxylation sites is 1. The predicted molar refractivity (Wildman–Crippen MR) is 76.4 cm³/mol. The molecular weight excluding hydrogens is 312 g/mol. The van der Waals surface area contributed by atoms with Crippen LogP contribution in [-0.4, -0.2) is 9.97 Å². The van der Waals surface area contributed by atoms with Crippen LogP contribution >= 0.6 is 27.3 Å². The van der Waals surface area contributed by atoms with Gasteiger partial charge in [-0.2, -0.15) is 0 Å². The van der Waals surface area contributed by atoms with Crippen molar-refractivity contribution in [3.05, 3.63) is 46.0 Å². The van der Waals surface area contributed by atoms with Crippen LogP contribution in [0.1, 0.15) is 5.56 Å². The lowest BCUT2D eigenvalue weighted by Gasteiger charge is -2.06. The summed E-state index contributed by atoms with van der Waals surface area (Å²) in [4.78, 5) is 8.49. The maximum atomic E-state index is 5.85. The summed E-state index contributed by atoms with van der Waals surface area (Å²) in [7, 11) is 0. The molecule has 0 saturated carbocycles. The van der Waals surface area contributed by atoms with Crippen molar-refractivity contribution >= 4 is 37.5 Å². The SMILES string of the molecule is Cc1csc2c(Oc3ccccc3Br)ncnc12. The number of hydrogen-bond acceptors (Lipinski definition) is 4. The summed E-state index contributed by atoms with van der Waals surface area (Å²) in [5.74, 6) is 1.36. The quantitative estimate of drug-likeness (QED) is 0.694. The number of rotatable bonds is 2. The third-order valence-corrected chi connectivity index (χ3v) is 4.27. The Morgan fingerprint density at radius 2 is 2.06 bits per heavy atom. The molecule has 0 N–H and O–H groups in total. The first-order chi connectivity index (χ1) is 8.75. The van der Waals surface area contributed by atoms with E-state index in [4.69, 9.17) is 4.74 Å². The van der Waals surface area contributed by atoms with Gasteiger partial charge in [-0.15, -0.1) is 11.3 Å². The van der Waals surface area contributed by atoms with Gasteiger partial charge in [-0.3, -0.25) is 0 Å². The molecule has 1 aromatic carbocycles. The first kappa shape index (κ1) is 11.6. The fourth-order valence-corrected chi connectivity index (χ4v) is 2.94. The first-order valence-electron chi connectivity index (χ1n) is 5.37. The minimum absolute atomic E-state index is 0.602. The Bertz CT molecular complexity index is 711. The van der Waals surface area contributed by atoms with Gasteiger partial charge in [0.25, 0.3) is 0 Å². The van der Waals surface area contributed by atoms with E-state index in [0.717, 1.165) is 26.0 Å². The molecule has 0 aliphatic heterocycles. The molecule has 3 nitrogen and oxygen atoms in total. The number of ether oxygens (including phenoxy) is 1. The highest BCUT2D eigenvalue weighted by Crippen LogP contribution is 2.35. The summed E-state index contributed by atoms with van der Waals surface area (Å²) < 4.78 is 7.73. The van der Waals surface area contributed by atoms with Crippen molar-refractivity contribution in [1.82, 2.24) is 9.97 Å². The molecule has 90 valence electrons. The third kappa shape index (κ3) is 2.00. The minimum Gasteiger partial charge on any atom is -0.436 e. The first-order valence-corrected chi connectivity index (χ1v) is 7.04. The Labute approximate surface area is 117 Å². The zero-order chi connectivity index (χ0) is 12.5. The molecule has 0 aliphatic rings. The molecular formula is C13H9BrN2OS. The fraction of sp³-hybridized carbons (Fsp3) is 0.0769. The Morgan fingerprint density at radius 3 is 2.89 bits per heavy atom. The van der Waals surface area contributed by atoms with Gasteiger partial charge in [-0.1, -0.05) is 12.1 Å². The number of thiophene rings is 1. The summed E-state index contributed by atoms with van der Waals surface area (Å²) in [5, 5.41) is 2.06. The standard InChI is InChI=1S/C13H9BrN2OS/c1-8-6-18-12-11(8)15-7-16-13(12)17-10-5-3-2-4-9(10)14/h2-7H,1H3. The maximum absolute atomic E-state index is 5.85. The number of aryl methyl sites for hydroxylation is 1. The molecule has 18 heavy (non-hydrogen) atoms. The zero-order valence-corrected chi connectivity index (χ0v) is 12.0. The van der Waals surface area contributed by atoms with Crippen LogP contribution in [0.15, 0.2) is 40.4 Å². The van der Waals surface area contributed by atoms with E-state index in [1.165, 1.54) is 6.33 Å². The van der Waals surface area contributed by atoms with E-state index in [0.29, 0.717) is 5.88 Å². The lowest BCUT2D eigenvalue weighted by atomic mass is 10.3. The van der Waals surface area contributed by atoms with Crippen LogP contribution in [0.3, 0.4) is 0 Å². The van der Waals surface area contributed by atoms with E-state index in [1.807, 2.05) is 31.2 Å². The Kier molecular flexibility index (Phi) is 3.01. The van der Waals surface area contributed by atoms with Crippen molar-refractivity contribution in [2.24, 2.45) is 0 Å². The maximum Gasteiger partial charge on any atom is 0.240 e. The molecule has 3 aromatic rings. The molecule has 3 rings (SSSR count). The fourth-order valence-electron chi connectivity index (χ4n) is 1.65. The molecule has 0 saturated heterocycles. The van der Waals surface area contributed by atoms with E-state index in [-0.39, 0.29) is 0 Å². The van der Waals surface area contributed by atoms with E-state index >= 15 is 0 Å². The van der Waals surface area contributed by atoms with Crippen LogP contribution in [0.25, 0.3) is 10.2 Å². The molecule has 2 aromatic heterocycles. The van der Waals surface area contributed by atoms with Gasteiger partial charge in [0.1, 0.15) is 16.8 Å². The van der Waals surface area contributed by atoms with Crippen LogP contribution in [-0.2, 0) is 0 Å². The van der Waals surface area contributed by atoms with Gasteiger partial charge in [0.2, 0.25) is 5.88 Å². The third-order valence-electron chi connectivity index (χ3n) is 2.54. The Morgan fingerprint density at radius 1 is 1.22 bits per heavy atom. The molecule has 0 fully saturated rings. The lowest BCUT2D eigenvalue weighted by Crippen LogP contribution is -1.90. The van der Waals surface area contributed by atoms with Crippen molar-refractivity contribution in [3.63, 3.8) is 0 Å². The predicted octanol–water partition coefficient (Wildman–Crippen LogP) is 4.55. The number of benzene rings is 1. The molecule has 0 unspecified atom stereocenters. The van der Waals surface area contributed by atoms with Crippen molar-refractivity contribution in [2.45, 2.75) is 6.92 Å². The average molecular weight is 321 g/mol. The van der Waals surface area contributed by atoms with Gasteiger partial charge in [0.15, 0.2) is 0 Å². The summed E-state index contributed by atoms with van der Waals surface area (Å²) in [6, 6.07) is 7.71. The Hall–Kier alpha value is -1.46. The number of hydrogen-bond donors (Lipinski definition) is 0. The van der Waals surface area contributed by atoms with Crippen LogP contribution in [0.2, 0.25) is 0 Å². The molecule has 2 heterocycles. The van der Waals surface area contributed by atoms with Crippen molar-refractivity contribution in [1.29, 1.82) is 0 Å². The largest absolute Gasteiger partial charge is 0.436 e. The molecule has 0 radical (unpaired) electrons. The van der Waals surface area contributed by atoms with Gasteiger partial charge in [-0.05, 0) is 45.9 Å². The molecule has 5 heteroatoms. The van der Waals surface area contributed by atoms with Crippen LogP contribution in [0.5, 0.6) is 11.6 Å². The van der Waals surface area contributed by atoms with Gasteiger partial charge in [0, 0.05) is 0 Å². The van der Waals surface area contributed by atoms with Crippen molar-refractivity contribution in [3.8, 4) is 11.6 Å². The van der Waals surface area contributed by atoms with Crippen molar-refractivity contribution in [2.75, 3.05) is 0 Å². The average Bonchev–Trinajstić information content (AvgIpc) is 2.76. The van der Waals surface area contributed by atoms with E-state index < -0.39 is 0 Å². The molecule has 0 aliphatic carbocycles.